The molecule has 0 aliphatic rings. The van der Waals surface area contributed by atoms with Gasteiger partial charge in [-0.2, -0.15) is 0 Å². The second-order valence-corrected chi connectivity index (χ2v) is 10.3. The van der Waals surface area contributed by atoms with Gasteiger partial charge in [0.1, 0.15) is 0 Å². The molecule has 0 aromatic carbocycles. The van der Waals surface area contributed by atoms with Gasteiger partial charge in [-0.25, -0.2) is 0 Å². The monoisotopic (exact) mass is 514 g/mol. The number of ether oxygens (including phenoxy) is 4. The molecule has 216 valence electrons. The van der Waals surface area contributed by atoms with Crippen LogP contribution in [0.3, 0.4) is 0 Å². The van der Waals surface area contributed by atoms with Crippen LogP contribution in [0, 0.1) is 5.92 Å². The lowest BCUT2D eigenvalue weighted by molar-refractivity contribution is -0.145. The molecule has 0 heterocycles. The van der Waals surface area contributed by atoms with E-state index in [0.717, 1.165) is 13.0 Å². The first-order valence-electron chi connectivity index (χ1n) is 15.6. The summed E-state index contributed by atoms with van der Waals surface area (Å²) in [5.74, 6) is 0.433. The van der Waals surface area contributed by atoms with E-state index in [9.17, 15) is 4.79 Å². The van der Waals surface area contributed by atoms with Gasteiger partial charge >= 0.3 is 5.97 Å². The van der Waals surface area contributed by atoms with Crippen molar-refractivity contribution in [3.05, 3.63) is 0 Å². The van der Waals surface area contributed by atoms with Crippen molar-refractivity contribution in [2.75, 3.05) is 46.2 Å². The molecule has 1 atom stereocenters. The molecule has 0 aliphatic carbocycles. The summed E-state index contributed by atoms with van der Waals surface area (Å²) < 4.78 is 22.3. The van der Waals surface area contributed by atoms with Crippen molar-refractivity contribution >= 4 is 5.97 Å². The van der Waals surface area contributed by atoms with Crippen LogP contribution < -0.4 is 0 Å². The van der Waals surface area contributed by atoms with Gasteiger partial charge in [-0.1, -0.05) is 111 Å². The average molecular weight is 515 g/mol. The highest BCUT2D eigenvalue weighted by atomic mass is 16.5. The highest BCUT2D eigenvalue weighted by Crippen LogP contribution is 2.18. The van der Waals surface area contributed by atoms with Crippen molar-refractivity contribution in [3.63, 3.8) is 0 Å². The fraction of sp³-hybridized carbons (Fsp3) is 0.968. The summed E-state index contributed by atoms with van der Waals surface area (Å²) in [7, 11) is 0. The normalized spacial score (nSPS) is 12.2. The average Bonchev–Trinajstić information content (AvgIpc) is 2.89. The van der Waals surface area contributed by atoms with Crippen LogP contribution in [-0.2, 0) is 23.7 Å². The second-order valence-electron chi connectivity index (χ2n) is 10.3. The molecule has 0 saturated heterocycles. The molecule has 0 bridgehead atoms. The topological polar surface area (TPSA) is 54.0 Å². The quantitative estimate of drug-likeness (QED) is 0.0709. The SMILES string of the molecule is CCCCCCCCCCCOCCOCCOCCCC(=O)OCC(CCCC)CCCCCC. The molecule has 0 N–H and O–H groups in total. The number of hydrogen-bond acceptors (Lipinski definition) is 5. The molecule has 0 fully saturated rings. The maximum Gasteiger partial charge on any atom is 0.305 e. The van der Waals surface area contributed by atoms with Gasteiger partial charge in [-0.05, 0) is 31.6 Å². The number of carbonyl (C=O) groups is 1. The van der Waals surface area contributed by atoms with E-state index in [4.69, 9.17) is 18.9 Å². The van der Waals surface area contributed by atoms with Crippen molar-refractivity contribution < 1.29 is 23.7 Å². The van der Waals surface area contributed by atoms with Crippen molar-refractivity contribution in [2.45, 2.75) is 143 Å². The Morgan fingerprint density at radius 3 is 1.53 bits per heavy atom. The lowest BCUT2D eigenvalue weighted by Gasteiger charge is -2.16. The fourth-order valence-electron chi connectivity index (χ4n) is 4.32. The van der Waals surface area contributed by atoms with Crippen LogP contribution in [0.15, 0.2) is 0 Å². The van der Waals surface area contributed by atoms with E-state index in [1.807, 2.05) is 0 Å². The van der Waals surface area contributed by atoms with E-state index in [1.54, 1.807) is 0 Å². The molecule has 0 aromatic heterocycles. The van der Waals surface area contributed by atoms with E-state index in [1.165, 1.54) is 103 Å². The Labute approximate surface area is 224 Å². The van der Waals surface area contributed by atoms with Gasteiger partial charge in [0.15, 0.2) is 0 Å². The minimum absolute atomic E-state index is 0.0889. The molecule has 5 heteroatoms. The summed E-state index contributed by atoms with van der Waals surface area (Å²) in [5.41, 5.74) is 0. The Balaban J connectivity index is 3.40. The summed E-state index contributed by atoms with van der Waals surface area (Å²) in [6.45, 7) is 11.1. The highest BCUT2D eigenvalue weighted by molar-refractivity contribution is 5.69. The first-order chi connectivity index (χ1) is 17.7. The van der Waals surface area contributed by atoms with E-state index >= 15 is 0 Å². The Bertz CT molecular complexity index is 429. The minimum atomic E-state index is -0.0889. The molecule has 36 heavy (non-hydrogen) atoms. The molecule has 5 nitrogen and oxygen atoms in total. The molecular weight excluding hydrogens is 452 g/mol. The largest absolute Gasteiger partial charge is 0.465 e. The van der Waals surface area contributed by atoms with Crippen molar-refractivity contribution in [1.82, 2.24) is 0 Å². The van der Waals surface area contributed by atoms with E-state index in [2.05, 4.69) is 20.8 Å². The third kappa shape index (κ3) is 27.9. The third-order valence-electron chi connectivity index (χ3n) is 6.72. The van der Waals surface area contributed by atoms with Crippen LogP contribution >= 0.6 is 0 Å². The second kappa shape index (κ2) is 30.6. The maximum absolute atomic E-state index is 12.1. The van der Waals surface area contributed by atoms with E-state index < -0.39 is 0 Å². The number of unbranched alkanes of at least 4 members (excludes halogenated alkanes) is 12. The van der Waals surface area contributed by atoms with Gasteiger partial charge in [-0.15, -0.1) is 0 Å². The standard InChI is InChI=1S/C31H62O5/c1-4-7-10-12-13-14-15-16-18-23-33-25-27-35-28-26-34-24-19-22-31(32)36-29-30(20-9-6-3)21-17-11-8-5-2/h30H,4-29H2,1-3H3. The van der Waals surface area contributed by atoms with E-state index in [-0.39, 0.29) is 5.97 Å². The van der Waals surface area contributed by atoms with Gasteiger partial charge in [0.2, 0.25) is 0 Å². The minimum Gasteiger partial charge on any atom is -0.465 e. The van der Waals surface area contributed by atoms with Crippen LogP contribution in [-0.4, -0.2) is 52.2 Å². The zero-order valence-electron chi connectivity index (χ0n) is 24.5. The third-order valence-corrected chi connectivity index (χ3v) is 6.72. The smallest absolute Gasteiger partial charge is 0.305 e. The maximum atomic E-state index is 12.1. The Morgan fingerprint density at radius 1 is 0.500 bits per heavy atom. The number of hydrogen-bond donors (Lipinski definition) is 0. The predicted molar refractivity (Wildman–Crippen MR) is 152 cm³/mol. The number of carbonyl (C=O) groups excluding carboxylic acids is 1. The van der Waals surface area contributed by atoms with E-state index in [0.29, 0.717) is 58.4 Å². The van der Waals surface area contributed by atoms with Crippen LogP contribution in [0.5, 0.6) is 0 Å². The fourth-order valence-corrected chi connectivity index (χ4v) is 4.32. The van der Waals surface area contributed by atoms with Crippen molar-refractivity contribution in [2.24, 2.45) is 5.92 Å². The summed E-state index contributed by atoms with van der Waals surface area (Å²) in [5, 5.41) is 0. The molecule has 1 unspecified atom stereocenters. The van der Waals surface area contributed by atoms with Gasteiger partial charge in [-0.3, -0.25) is 4.79 Å². The Kier molecular flexibility index (Phi) is 30.0. The first-order valence-corrected chi connectivity index (χ1v) is 15.6. The lowest BCUT2D eigenvalue weighted by Crippen LogP contribution is -2.15. The van der Waals surface area contributed by atoms with Crippen LogP contribution in [0.2, 0.25) is 0 Å². The Hall–Kier alpha value is -0.650. The van der Waals surface area contributed by atoms with Gasteiger partial charge in [0, 0.05) is 19.6 Å². The number of esters is 1. The molecule has 0 saturated carbocycles. The van der Waals surface area contributed by atoms with Crippen LogP contribution in [0.4, 0.5) is 0 Å². The summed E-state index contributed by atoms with van der Waals surface area (Å²) >= 11 is 0. The van der Waals surface area contributed by atoms with Crippen LogP contribution in [0.25, 0.3) is 0 Å². The predicted octanol–water partition coefficient (Wildman–Crippen LogP) is 8.67. The molecule has 0 aliphatic heterocycles. The summed E-state index contributed by atoms with van der Waals surface area (Å²) in [6, 6.07) is 0. The summed E-state index contributed by atoms with van der Waals surface area (Å²) in [4.78, 5) is 12.1. The zero-order chi connectivity index (χ0) is 26.4. The molecule has 0 radical (unpaired) electrons. The zero-order valence-corrected chi connectivity index (χ0v) is 24.5. The molecule has 0 amide bonds. The highest BCUT2D eigenvalue weighted by Gasteiger charge is 2.12. The van der Waals surface area contributed by atoms with Gasteiger partial charge < -0.3 is 18.9 Å². The Morgan fingerprint density at radius 2 is 0.944 bits per heavy atom. The van der Waals surface area contributed by atoms with Crippen molar-refractivity contribution in [3.8, 4) is 0 Å². The lowest BCUT2D eigenvalue weighted by atomic mass is 9.96. The first kappa shape index (κ1) is 35.4. The summed E-state index contributed by atoms with van der Waals surface area (Å²) in [6.07, 6.45) is 23.0. The van der Waals surface area contributed by atoms with Gasteiger partial charge in [0.05, 0.1) is 33.0 Å². The van der Waals surface area contributed by atoms with Crippen LogP contribution in [0.1, 0.15) is 143 Å². The van der Waals surface area contributed by atoms with Gasteiger partial charge in [0.25, 0.3) is 0 Å². The molecular formula is C31H62O5. The molecule has 0 spiro atoms. The van der Waals surface area contributed by atoms with Crippen molar-refractivity contribution in [1.29, 1.82) is 0 Å². The molecule has 0 aromatic rings. The molecule has 0 rings (SSSR count). The number of rotatable bonds is 30.